The summed E-state index contributed by atoms with van der Waals surface area (Å²) in [6.07, 6.45) is 0. The van der Waals surface area contributed by atoms with Crippen molar-refractivity contribution in [1.82, 2.24) is 4.90 Å². The van der Waals surface area contributed by atoms with Gasteiger partial charge in [0.1, 0.15) is 0 Å². The summed E-state index contributed by atoms with van der Waals surface area (Å²) in [5, 5.41) is 0. The van der Waals surface area contributed by atoms with E-state index in [0.29, 0.717) is 37.6 Å². The Hall–Kier alpha value is -1.63. The fourth-order valence-electron chi connectivity index (χ4n) is 2.03. The van der Waals surface area contributed by atoms with Crippen molar-refractivity contribution >= 4 is 11.7 Å². The summed E-state index contributed by atoms with van der Waals surface area (Å²) >= 11 is 0. The summed E-state index contributed by atoms with van der Waals surface area (Å²) in [5.41, 5.74) is 8.10. The van der Waals surface area contributed by atoms with Gasteiger partial charge < -0.3 is 19.9 Å². The van der Waals surface area contributed by atoms with E-state index in [9.17, 15) is 4.79 Å². The first-order valence-electron chi connectivity index (χ1n) is 7.38. The van der Waals surface area contributed by atoms with E-state index in [1.807, 2.05) is 6.07 Å². The number of carbonyl (C=O) groups is 1. The van der Waals surface area contributed by atoms with Gasteiger partial charge in [-0.05, 0) is 24.6 Å². The molecule has 2 N–H and O–H groups in total. The molecule has 0 fully saturated rings. The van der Waals surface area contributed by atoms with Crippen LogP contribution in [0.25, 0.3) is 0 Å². The van der Waals surface area contributed by atoms with E-state index in [1.54, 1.807) is 33.3 Å². The minimum atomic E-state index is -0.351. The van der Waals surface area contributed by atoms with Crippen LogP contribution in [0, 0.1) is 0 Å². The van der Waals surface area contributed by atoms with E-state index in [-0.39, 0.29) is 5.97 Å². The van der Waals surface area contributed by atoms with Gasteiger partial charge in [0, 0.05) is 39.5 Å². The second-order valence-electron chi connectivity index (χ2n) is 4.90. The third kappa shape index (κ3) is 6.01. The van der Waals surface area contributed by atoms with E-state index >= 15 is 0 Å². The van der Waals surface area contributed by atoms with Gasteiger partial charge in [0.05, 0.1) is 25.4 Å². The Bertz CT molecular complexity index is 457. The van der Waals surface area contributed by atoms with Crippen LogP contribution in [0.4, 0.5) is 5.69 Å². The van der Waals surface area contributed by atoms with E-state index in [4.69, 9.17) is 19.9 Å². The number of ether oxygens (including phenoxy) is 3. The quantitative estimate of drug-likeness (QED) is 0.522. The zero-order valence-corrected chi connectivity index (χ0v) is 13.6. The van der Waals surface area contributed by atoms with Crippen molar-refractivity contribution in [1.29, 1.82) is 0 Å². The first-order chi connectivity index (χ1) is 10.6. The molecule has 0 heterocycles. The van der Waals surface area contributed by atoms with Gasteiger partial charge in [0.2, 0.25) is 0 Å². The average molecular weight is 310 g/mol. The molecule has 1 rings (SSSR count). The summed E-state index contributed by atoms with van der Waals surface area (Å²) in [7, 11) is 3.36. The largest absolute Gasteiger partial charge is 0.462 e. The van der Waals surface area contributed by atoms with Crippen molar-refractivity contribution in [3.63, 3.8) is 0 Å². The zero-order valence-electron chi connectivity index (χ0n) is 13.6. The van der Waals surface area contributed by atoms with Crippen molar-refractivity contribution < 1.29 is 19.0 Å². The molecule has 0 amide bonds. The number of hydrogen-bond donors (Lipinski definition) is 1. The number of methoxy groups -OCH3 is 2. The zero-order chi connectivity index (χ0) is 16.4. The highest BCUT2D eigenvalue weighted by Crippen LogP contribution is 2.17. The summed E-state index contributed by atoms with van der Waals surface area (Å²) in [6, 6.07) is 5.28. The molecule has 0 unspecified atom stereocenters. The maximum atomic E-state index is 11.7. The maximum Gasteiger partial charge on any atom is 0.338 e. The van der Waals surface area contributed by atoms with Gasteiger partial charge in [-0.3, -0.25) is 4.90 Å². The van der Waals surface area contributed by atoms with Crippen molar-refractivity contribution in [2.45, 2.75) is 13.5 Å². The van der Waals surface area contributed by atoms with Crippen LogP contribution < -0.4 is 5.73 Å². The molecule has 1 aromatic carbocycles. The number of benzene rings is 1. The molecule has 0 aromatic heterocycles. The highest BCUT2D eigenvalue weighted by Gasteiger charge is 2.12. The number of nitrogens with two attached hydrogens (primary N) is 1. The Morgan fingerprint density at radius 3 is 2.32 bits per heavy atom. The number of carbonyl (C=O) groups excluding carboxylic acids is 1. The lowest BCUT2D eigenvalue weighted by molar-refractivity contribution is 0.0526. The standard InChI is InChI=1S/C16H26N2O4/c1-4-22-16(19)13-5-6-14(15(17)11-13)12-18(7-9-20-2)8-10-21-3/h5-6,11H,4,7-10,12,17H2,1-3H3. The smallest absolute Gasteiger partial charge is 0.338 e. The number of esters is 1. The first kappa shape index (κ1) is 18.4. The Labute approximate surface area is 132 Å². The minimum absolute atomic E-state index is 0.350. The van der Waals surface area contributed by atoms with Gasteiger partial charge in [-0.1, -0.05) is 6.07 Å². The average Bonchev–Trinajstić information content (AvgIpc) is 2.51. The second kappa shape index (κ2) is 10.2. The Balaban J connectivity index is 2.75. The third-order valence-electron chi connectivity index (χ3n) is 3.27. The number of hydrogen-bond acceptors (Lipinski definition) is 6. The van der Waals surface area contributed by atoms with Crippen LogP contribution in [0.5, 0.6) is 0 Å². The highest BCUT2D eigenvalue weighted by atomic mass is 16.5. The monoisotopic (exact) mass is 310 g/mol. The molecule has 0 atom stereocenters. The van der Waals surface area contributed by atoms with Crippen molar-refractivity contribution in [3.05, 3.63) is 29.3 Å². The molecule has 0 saturated carbocycles. The predicted molar refractivity (Wildman–Crippen MR) is 85.8 cm³/mol. The predicted octanol–water partition coefficient (Wildman–Crippen LogP) is 1.54. The van der Waals surface area contributed by atoms with Crippen molar-refractivity contribution in [2.24, 2.45) is 0 Å². The molecule has 0 aliphatic rings. The topological polar surface area (TPSA) is 74.0 Å². The van der Waals surface area contributed by atoms with Gasteiger partial charge in [0.25, 0.3) is 0 Å². The van der Waals surface area contributed by atoms with E-state index in [0.717, 1.165) is 18.7 Å². The minimum Gasteiger partial charge on any atom is -0.462 e. The van der Waals surface area contributed by atoms with Gasteiger partial charge in [-0.15, -0.1) is 0 Å². The molecule has 22 heavy (non-hydrogen) atoms. The van der Waals surface area contributed by atoms with E-state index in [2.05, 4.69) is 4.90 Å². The van der Waals surface area contributed by atoms with E-state index < -0.39 is 0 Å². The SMILES string of the molecule is CCOC(=O)c1ccc(CN(CCOC)CCOC)c(N)c1. The molecule has 0 aliphatic heterocycles. The van der Waals surface area contributed by atoms with Crippen molar-refractivity contribution in [2.75, 3.05) is 52.9 Å². The van der Waals surface area contributed by atoms with E-state index in [1.165, 1.54) is 0 Å². The van der Waals surface area contributed by atoms with Crippen molar-refractivity contribution in [3.8, 4) is 0 Å². The molecule has 0 aliphatic carbocycles. The summed E-state index contributed by atoms with van der Waals surface area (Å²) in [6.45, 7) is 5.68. The maximum absolute atomic E-state index is 11.7. The van der Waals surface area contributed by atoms with Crippen LogP contribution >= 0.6 is 0 Å². The molecule has 6 heteroatoms. The second-order valence-corrected chi connectivity index (χ2v) is 4.90. The van der Waals surface area contributed by atoms with Crippen LogP contribution in [0.1, 0.15) is 22.8 Å². The highest BCUT2D eigenvalue weighted by molar-refractivity contribution is 5.90. The molecule has 0 saturated heterocycles. The fourth-order valence-corrected chi connectivity index (χ4v) is 2.03. The molecule has 124 valence electrons. The summed E-state index contributed by atoms with van der Waals surface area (Å²) in [5.74, 6) is -0.351. The molecular weight excluding hydrogens is 284 g/mol. The first-order valence-corrected chi connectivity index (χ1v) is 7.38. The van der Waals surface area contributed by atoms with Gasteiger partial charge in [-0.2, -0.15) is 0 Å². The molecule has 6 nitrogen and oxygen atoms in total. The van der Waals surface area contributed by atoms with Crippen LogP contribution in [-0.4, -0.2) is 58.0 Å². The molecule has 0 spiro atoms. The third-order valence-corrected chi connectivity index (χ3v) is 3.27. The van der Waals surface area contributed by atoms with Crippen LogP contribution in [0.2, 0.25) is 0 Å². The molecule has 0 radical (unpaired) electrons. The van der Waals surface area contributed by atoms with Gasteiger partial charge in [0.15, 0.2) is 0 Å². The molecule has 0 bridgehead atoms. The Morgan fingerprint density at radius 2 is 1.82 bits per heavy atom. The summed E-state index contributed by atoms with van der Waals surface area (Å²) in [4.78, 5) is 13.9. The fraction of sp³-hybridized carbons (Fsp3) is 0.562. The van der Waals surface area contributed by atoms with Crippen LogP contribution in [-0.2, 0) is 20.8 Å². The Kier molecular flexibility index (Phi) is 8.50. The normalized spacial score (nSPS) is 10.9. The lowest BCUT2D eigenvalue weighted by Gasteiger charge is -2.22. The lowest BCUT2D eigenvalue weighted by Crippen LogP contribution is -2.30. The summed E-state index contributed by atoms with van der Waals surface area (Å²) < 4.78 is 15.2. The Morgan fingerprint density at radius 1 is 1.18 bits per heavy atom. The number of anilines is 1. The molecule has 1 aromatic rings. The number of nitrogens with zero attached hydrogens (tertiary/aromatic N) is 1. The number of nitrogen functional groups attached to an aromatic ring is 1. The van der Waals surface area contributed by atoms with Crippen LogP contribution in [0.15, 0.2) is 18.2 Å². The van der Waals surface area contributed by atoms with Gasteiger partial charge in [-0.25, -0.2) is 4.79 Å². The van der Waals surface area contributed by atoms with Crippen LogP contribution in [0.3, 0.4) is 0 Å². The van der Waals surface area contributed by atoms with Gasteiger partial charge >= 0.3 is 5.97 Å². The number of rotatable bonds is 10. The molecular formula is C16H26N2O4. The lowest BCUT2D eigenvalue weighted by atomic mass is 10.1.